The summed E-state index contributed by atoms with van der Waals surface area (Å²) in [6, 6.07) is 7.37. The maximum Gasteiger partial charge on any atom is 0.321 e. The average molecular weight is 343 g/mol. The Kier molecular flexibility index (Phi) is 5.68. The number of nitrogens with one attached hydrogen (secondary N) is 2. The molecule has 2 aromatic rings. The Hall–Kier alpha value is -2.18. The average Bonchev–Trinajstić information content (AvgIpc) is 2.99. The van der Waals surface area contributed by atoms with Crippen LogP contribution in [0, 0.1) is 0 Å². The van der Waals surface area contributed by atoms with Gasteiger partial charge in [-0.2, -0.15) is 0 Å². The van der Waals surface area contributed by atoms with E-state index in [2.05, 4.69) is 10.6 Å². The Morgan fingerprint density at radius 2 is 2.05 bits per heavy atom. The van der Waals surface area contributed by atoms with Crippen LogP contribution in [0.3, 0.4) is 0 Å². The fourth-order valence-corrected chi connectivity index (χ4v) is 1.85. The van der Waals surface area contributed by atoms with E-state index >= 15 is 0 Å². The second-order valence-corrected chi connectivity index (χ2v) is 5.02. The molecule has 2 rings (SSSR count). The molecule has 0 bridgehead atoms. The first-order chi connectivity index (χ1) is 10.5. The van der Waals surface area contributed by atoms with Crippen LogP contribution in [0.4, 0.5) is 4.79 Å². The second-order valence-electron chi connectivity index (χ2n) is 4.17. The van der Waals surface area contributed by atoms with E-state index in [1.165, 1.54) is 12.3 Å². The van der Waals surface area contributed by atoms with Gasteiger partial charge in [-0.25, -0.2) is 4.79 Å². The van der Waals surface area contributed by atoms with E-state index in [1.807, 2.05) is 0 Å². The van der Waals surface area contributed by atoms with Gasteiger partial charge in [0.05, 0.1) is 17.8 Å². The maximum atomic E-state index is 11.6. The molecule has 0 atom stereocenters. The Labute approximate surface area is 136 Å². The SMILES string of the molecule is O=C(COc1cc(Cl)ccc1Cl)NC(=O)NCc1ccco1. The molecule has 0 saturated carbocycles. The molecule has 1 aromatic heterocycles. The number of hydrogen-bond acceptors (Lipinski definition) is 4. The number of furan rings is 1. The monoisotopic (exact) mass is 342 g/mol. The van der Waals surface area contributed by atoms with Crippen LogP contribution >= 0.6 is 23.2 Å². The third-order valence-corrected chi connectivity index (χ3v) is 3.06. The first-order valence-corrected chi connectivity index (χ1v) is 6.98. The lowest BCUT2D eigenvalue weighted by molar-refractivity contribution is -0.122. The summed E-state index contributed by atoms with van der Waals surface area (Å²) < 4.78 is 10.2. The van der Waals surface area contributed by atoms with Gasteiger partial charge in [0.25, 0.3) is 5.91 Å². The van der Waals surface area contributed by atoms with Crippen molar-refractivity contribution in [2.45, 2.75) is 6.54 Å². The van der Waals surface area contributed by atoms with E-state index in [4.69, 9.17) is 32.4 Å². The first kappa shape index (κ1) is 16.2. The Morgan fingerprint density at radius 1 is 1.23 bits per heavy atom. The summed E-state index contributed by atoms with van der Waals surface area (Å²) in [6.45, 7) is -0.193. The summed E-state index contributed by atoms with van der Waals surface area (Å²) in [5.41, 5.74) is 0. The minimum absolute atomic E-state index is 0.174. The van der Waals surface area contributed by atoms with Gasteiger partial charge >= 0.3 is 6.03 Å². The lowest BCUT2D eigenvalue weighted by Crippen LogP contribution is -2.41. The second kappa shape index (κ2) is 7.72. The number of carbonyl (C=O) groups excluding carboxylic acids is 2. The highest BCUT2D eigenvalue weighted by atomic mass is 35.5. The van der Waals surface area contributed by atoms with E-state index in [0.29, 0.717) is 15.8 Å². The normalized spacial score (nSPS) is 10.1. The quantitative estimate of drug-likeness (QED) is 0.875. The number of halogens is 2. The third kappa shape index (κ3) is 4.98. The van der Waals surface area contributed by atoms with Crippen LogP contribution in [0.2, 0.25) is 10.0 Å². The van der Waals surface area contributed by atoms with Crippen LogP contribution in [0.1, 0.15) is 5.76 Å². The van der Waals surface area contributed by atoms with Crippen molar-refractivity contribution in [3.8, 4) is 5.75 Å². The molecule has 0 aliphatic carbocycles. The number of carbonyl (C=O) groups is 2. The summed E-state index contributed by atoms with van der Waals surface area (Å²) in [5.74, 6) is 0.220. The van der Waals surface area contributed by atoms with Gasteiger partial charge in [0.2, 0.25) is 0 Å². The fourth-order valence-electron chi connectivity index (χ4n) is 1.52. The molecule has 0 unspecified atom stereocenters. The minimum atomic E-state index is -0.651. The molecule has 0 radical (unpaired) electrons. The number of ether oxygens (including phenoxy) is 1. The molecule has 3 amide bonds. The van der Waals surface area contributed by atoms with Crippen molar-refractivity contribution < 1.29 is 18.7 Å². The third-order valence-electron chi connectivity index (χ3n) is 2.51. The molecule has 8 heteroatoms. The van der Waals surface area contributed by atoms with E-state index in [1.54, 1.807) is 24.3 Å². The number of rotatable bonds is 5. The van der Waals surface area contributed by atoms with Gasteiger partial charge in [-0.15, -0.1) is 0 Å². The maximum absolute atomic E-state index is 11.6. The number of hydrogen-bond donors (Lipinski definition) is 2. The predicted molar refractivity (Wildman–Crippen MR) is 81.0 cm³/mol. The van der Waals surface area contributed by atoms with Crippen molar-refractivity contribution in [3.63, 3.8) is 0 Å². The molecule has 0 aliphatic rings. The van der Waals surface area contributed by atoms with Gasteiger partial charge < -0.3 is 14.5 Å². The first-order valence-electron chi connectivity index (χ1n) is 6.22. The Bertz CT molecular complexity index is 659. The van der Waals surface area contributed by atoms with Crippen molar-refractivity contribution in [1.29, 1.82) is 0 Å². The summed E-state index contributed by atoms with van der Waals surface area (Å²) in [6.07, 6.45) is 1.49. The molecule has 0 spiro atoms. The van der Waals surface area contributed by atoms with E-state index in [-0.39, 0.29) is 18.9 Å². The van der Waals surface area contributed by atoms with Gasteiger partial charge in [0.15, 0.2) is 6.61 Å². The van der Waals surface area contributed by atoms with Crippen LogP contribution in [-0.2, 0) is 11.3 Å². The van der Waals surface area contributed by atoms with Crippen molar-refractivity contribution in [2.75, 3.05) is 6.61 Å². The molecule has 1 aromatic carbocycles. The summed E-state index contributed by atoms with van der Waals surface area (Å²) in [4.78, 5) is 23.1. The minimum Gasteiger partial charge on any atom is -0.482 e. The lowest BCUT2D eigenvalue weighted by Gasteiger charge is -2.09. The molecule has 2 N–H and O–H groups in total. The van der Waals surface area contributed by atoms with Crippen molar-refractivity contribution in [3.05, 3.63) is 52.4 Å². The largest absolute Gasteiger partial charge is 0.482 e. The molecule has 1 heterocycles. The highest BCUT2D eigenvalue weighted by molar-refractivity contribution is 6.34. The summed E-state index contributed by atoms with van der Waals surface area (Å²) in [7, 11) is 0. The molecule has 22 heavy (non-hydrogen) atoms. The van der Waals surface area contributed by atoms with Crippen LogP contribution < -0.4 is 15.4 Å². The highest BCUT2D eigenvalue weighted by Gasteiger charge is 2.10. The topological polar surface area (TPSA) is 80.6 Å². The van der Waals surface area contributed by atoms with Gasteiger partial charge in [0.1, 0.15) is 11.5 Å². The van der Waals surface area contributed by atoms with E-state index in [9.17, 15) is 9.59 Å². The van der Waals surface area contributed by atoms with Gasteiger partial charge in [0, 0.05) is 11.1 Å². The molecular weight excluding hydrogens is 331 g/mol. The van der Waals surface area contributed by atoms with E-state index < -0.39 is 11.9 Å². The van der Waals surface area contributed by atoms with Gasteiger partial charge in [-0.05, 0) is 24.3 Å². The molecule has 0 saturated heterocycles. The van der Waals surface area contributed by atoms with Gasteiger partial charge in [-0.1, -0.05) is 23.2 Å². The number of urea groups is 1. The van der Waals surface area contributed by atoms with Crippen LogP contribution in [0.25, 0.3) is 0 Å². The van der Waals surface area contributed by atoms with Crippen molar-refractivity contribution >= 4 is 35.1 Å². The molecular formula is C14H12Cl2N2O4. The smallest absolute Gasteiger partial charge is 0.321 e. The predicted octanol–water partition coefficient (Wildman–Crippen LogP) is 2.99. The molecule has 116 valence electrons. The fraction of sp³-hybridized carbons (Fsp3) is 0.143. The Balaban J connectivity index is 1.75. The van der Waals surface area contributed by atoms with Crippen LogP contribution in [0.15, 0.2) is 41.0 Å². The van der Waals surface area contributed by atoms with Crippen molar-refractivity contribution in [2.24, 2.45) is 0 Å². The van der Waals surface area contributed by atoms with Crippen LogP contribution in [-0.4, -0.2) is 18.5 Å². The lowest BCUT2D eigenvalue weighted by atomic mass is 10.3. The van der Waals surface area contributed by atoms with Crippen LogP contribution in [0.5, 0.6) is 5.75 Å². The molecule has 0 aliphatic heterocycles. The number of amides is 3. The number of imide groups is 1. The van der Waals surface area contributed by atoms with Gasteiger partial charge in [-0.3, -0.25) is 10.1 Å². The Morgan fingerprint density at radius 3 is 2.77 bits per heavy atom. The number of benzene rings is 1. The standard InChI is InChI=1S/C14H12Cl2N2O4/c15-9-3-4-11(16)12(6-9)22-8-13(19)18-14(20)17-7-10-2-1-5-21-10/h1-6H,7-8H2,(H2,17,18,19,20). The zero-order chi connectivity index (χ0) is 15.9. The zero-order valence-corrected chi connectivity index (χ0v) is 12.8. The molecule has 6 nitrogen and oxygen atoms in total. The zero-order valence-electron chi connectivity index (χ0n) is 11.3. The summed E-state index contributed by atoms with van der Waals surface area (Å²) >= 11 is 11.7. The molecule has 0 fully saturated rings. The summed E-state index contributed by atoms with van der Waals surface area (Å²) in [5, 5.41) is 5.33. The highest BCUT2D eigenvalue weighted by Crippen LogP contribution is 2.27. The van der Waals surface area contributed by atoms with E-state index in [0.717, 1.165) is 0 Å². The van der Waals surface area contributed by atoms with Crippen molar-refractivity contribution in [1.82, 2.24) is 10.6 Å².